The second kappa shape index (κ2) is 7.11. The Hall–Kier alpha value is -0.0400. The second-order valence-corrected chi connectivity index (χ2v) is 6.03. The third-order valence-electron chi connectivity index (χ3n) is 4.60. The van der Waals surface area contributed by atoms with Crippen molar-refractivity contribution in [3.05, 3.63) is 0 Å². The van der Waals surface area contributed by atoms with Crippen LogP contribution < -0.4 is 10.6 Å². The molecule has 1 aliphatic heterocycles. The van der Waals surface area contributed by atoms with Crippen LogP contribution in [-0.4, -0.2) is 49.1 Å². The van der Waals surface area contributed by atoms with Crippen LogP contribution in [0.3, 0.4) is 0 Å². The zero-order chi connectivity index (χ0) is 12.4. The summed E-state index contributed by atoms with van der Waals surface area (Å²) in [6.45, 7) is 2.53. The molecular weight excluding hydrogens is 351 g/mol. The fourth-order valence-corrected chi connectivity index (χ4v) is 2.96. The molecule has 3 rings (SSSR count). The largest absolute Gasteiger partial charge is 0.354 e. The van der Waals surface area contributed by atoms with Crippen LogP contribution in [0.4, 0.5) is 0 Å². The van der Waals surface area contributed by atoms with E-state index in [1.807, 2.05) is 7.05 Å². The van der Waals surface area contributed by atoms with Gasteiger partial charge in [0.15, 0.2) is 5.96 Å². The highest BCUT2D eigenvalue weighted by Crippen LogP contribution is 2.29. The van der Waals surface area contributed by atoms with Crippen LogP contribution in [0, 0.1) is 0 Å². The first-order valence-corrected chi connectivity index (χ1v) is 7.59. The van der Waals surface area contributed by atoms with Crippen molar-refractivity contribution in [2.24, 2.45) is 4.99 Å². The summed E-state index contributed by atoms with van der Waals surface area (Å²) in [4.78, 5) is 7.02. The molecule has 2 N–H and O–H groups in total. The van der Waals surface area contributed by atoms with Crippen molar-refractivity contribution in [3.63, 3.8) is 0 Å². The fraction of sp³-hybridized carbons (Fsp3) is 0.929. The third-order valence-corrected chi connectivity index (χ3v) is 4.60. The van der Waals surface area contributed by atoms with Crippen LogP contribution >= 0.6 is 24.0 Å². The maximum absolute atomic E-state index is 4.35. The highest BCUT2D eigenvalue weighted by Gasteiger charge is 2.32. The van der Waals surface area contributed by atoms with Gasteiger partial charge in [-0.1, -0.05) is 0 Å². The molecule has 2 aliphatic carbocycles. The predicted molar refractivity (Wildman–Crippen MR) is 90.3 cm³/mol. The summed E-state index contributed by atoms with van der Waals surface area (Å²) in [5.41, 5.74) is 0. The number of piperidine rings is 1. The molecule has 1 heterocycles. The zero-order valence-electron chi connectivity index (χ0n) is 11.9. The fourth-order valence-electron chi connectivity index (χ4n) is 2.96. The van der Waals surface area contributed by atoms with E-state index in [4.69, 9.17) is 0 Å². The molecule has 0 radical (unpaired) electrons. The molecule has 0 aromatic heterocycles. The van der Waals surface area contributed by atoms with Crippen molar-refractivity contribution in [1.29, 1.82) is 0 Å². The Labute approximate surface area is 133 Å². The van der Waals surface area contributed by atoms with E-state index in [0.717, 1.165) is 12.0 Å². The number of aliphatic imine (C=N–C) groups is 1. The van der Waals surface area contributed by atoms with Gasteiger partial charge in [-0.25, -0.2) is 0 Å². The lowest BCUT2D eigenvalue weighted by Crippen LogP contribution is -2.52. The Bertz CT molecular complexity index is 305. The normalized spacial score (nSPS) is 26.5. The first kappa shape index (κ1) is 15.4. The molecule has 3 fully saturated rings. The van der Waals surface area contributed by atoms with Gasteiger partial charge in [0.25, 0.3) is 0 Å². The molecule has 0 atom stereocenters. The molecule has 110 valence electrons. The zero-order valence-corrected chi connectivity index (χ0v) is 14.2. The summed E-state index contributed by atoms with van der Waals surface area (Å²) in [6.07, 6.45) is 9.38. The van der Waals surface area contributed by atoms with Gasteiger partial charge in [-0.05, 0) is 44.9 Å². The molecule has 0 amide bonds. The summed E-state index contributed by atoms with van der Waals surface area (Å²) in [5, 5.41) is 7.12. The van der Waals surface area contributed by atoms with Gasteiger partial charge >= 0.3 is 0 Å². The Balaban J connectivity index is 0.00000133. The van der Waals surface area contributed by atoms with Gasteiger partial charge in [-0.3, -0.25) is 4.99 Å². The van der Waals surface area contributed by atoms with E-state index in [1.165, 1.54) is 58.0 Å². The topological polar surface area (TPSA) is 39.7 Å². The van der Waals surface area contributed by atoms with Crippen LogP contribution in [0.25, 0.3) is 0 Å². The average molecular weight is 378 g/mol. The second-order valence-electron chi connectivity index (χ2n) is 6.03. The molecule has 0 aromatic rings. The highest BCUT2D eigenvalue weighted by atomic mass is 127. The Morgan fingerprint density at radius 2 is 1.53 bits per heavy atom. The van der Waals surface area contributed by atoms with Crippen molar-refractivity contribution < 1.29 is 0 Å². The van der Waals surface area contributed by atoms with Gasteiger partial charge in [0, 0.05) is 38.3 Å². The highest BCUT2D eigenvalue weighted by molar-refractivity contribution is 14.0. The summed E-state index contributed by atoms with van der Waals surface area (Å²) in [7, 11) is 1.88. The number of guanidine groups is 1. The predicted octanol–water partition coefficient (Wildman–Crippen LogP) is 1.95. The summed E-state index contributed by atoms with van der Waals surface area (Å²) in [6, 6.07) is 2.22. The number of hydrogen-bond donors (Lipinski definition) is 2. The number of rotatable bonds is 3. The number of hydrogen-bond acceptors (Lipinski definition) is 2. The summed E-state index contributed by atoms with van der Waals surface area (Å²) >= 11 is 0. The number of nitrogens with zero attached hydrogens (tertiary/aromatic N) is 2. The van der Waals surface area contributed by atoms with Gasteiger partial charge in [0.1, 0.15) is 0 Å². The van der Waals surface area contributed by atoms with E-state index in [1.54, 1.807) is 0 Å². The average Bonchev–Trinajstić information content (AvgIpc) is 3.17. The minimum absolute atomic E-state index is 0. The van der Waals surface area contributed by atoms with E-state index in [0.29, 0.717) is 12.1 Å². The van der Waals surface area contributed by atoms with E-state index in [9.17, 15) is 0 Å². The number of likely N-dealkylation sites (tertiary alicyclic amines) is 1. The van der Waals surface area contributed by atoms with E-state index in [-0.39, 0.29) is 24.0 Å². The van der Waals surface area contributed by atoms with Crippen molar-refractivity contribution in [2.45, 2.75) is 63.1 Å². The van der Waals surface area contributed by atoms with Crippen molar-refractivity contribution in [3.8, 4) is 0 Å². The van der Waals surface area contributed by atoms with Crippen molar-refractivity contribution in [1.82, 2.24) is 15.5 Å². The van der Waals surface area contributed by atoms with Crippen molar-refractivity contribution >= 4 is 29.9 Å². The molecule has 3 aliphatic rings. The lowest BCUT2D eigenvalue weighted by atomic mass is 9.93. The molecule has 19 heavy (non-hydrogen) atoms. The molecule has 2 saturated carbocycles. The Morgan fingerprint density at radius 1 is 0.947 bits per heavy atom. The van der Waals surface area contributed by atoms with Gasteiger partial charge in [-0.15, -0.1) is 24.0 Å². The quantitative estimate of drug-likeness (QED) is 0.448. The van der Waals surface area contributed by atoms with Crippen molar-refractivity contribution in [2.75, 3.05) is 20.1 Å². The first-order chi connectivity index (χ1) is 8.85. The smallest absolute Gasteiger partial charge is 0.191 e. The molecule has 5 heteroatoms. The molecule has 1 saturated heterocycles. The van der Waals surface area contributed by atoms with Crippen LogP contribution in [0.5, 0.6) is 0 Å². The molecular formula is C14H27IN4. The van der Waals surface area contributed by atoms with Gasteiger partial charge < -0.3 is 15.5 Å². The van der Waals surface area contributed by atoms with Crippen LogP contribution in [0.15, 0.2) is 4.99 Å². The molecule has 0 aromatic carbocycles. The van der Waals surface area contributed by atoms with Crippen LogP contribution in [0.2, 0.25) is 0 Å². The standard InChI is InChI=1S/C14H26N4.HI/c1-15-14(16-11-3-2-4-11)17-12-7-9-18(10-8-12)13-5-6-13;/h11-13H,2-10H2,1H3,(H2,15,16,17);1H. The Morgan fingerprint density at radius 3 is 1.95 bits per heavy atom. The molecule has 0 unspecified atom stereocenters. The van der Waals surface area contributed by atoms with Crippen LogP contribution in [-0.2, 0) is 0 Å². The first-order valence-electron chi connectivity index (χ1n) is 7.59. The summed E-state index contributed by atoms with van der Waals surface area (Å²) < 4.78 is 0. The van der Waals surface area contributed by atoms with E-state index < -0.39 is 0 Å². The van der Waals surface area contributed by atoms with E-state index in [2.05, 4.69) is 20.5 Å². The lowest BCUT2D eigenvalue weighted by molar-refractivity contribution is 0.197. The molecule has 0 spiro atoms. The molecule has 0 bridgehead atoms. The third kappa shape index (κ3) is 4.21. The van der Waals surface area contributed by atoms with Gasteiger partial charge in [0.2, 0.25) is 0 Å². The summed E-state index contributed by atoms with van der Waals surface area (Å²) in [5.74, 6) is 1.02. The minimum Gasteiger partial charge on any atom is -0.354 e. The maximum Gasteiger partial charge on any atom is 0.191 e. The molecule has 4 nitrogen and oxygen atoms in total. The Kier molecular flexibility index (Phi) is 5.74. The number of nitrogens with one attached hydrogen (secondary N) is 2. The lowest BCUT2D eigenvalue weighted by Gasteiger charge is -2.34. The SMILES string of the molecule is CN=C(NC1CCC1)NC1CCN(C2CC2)CC1.I. The van der Waals surface area contributed by atoms with E-state index >= 15 is 0 Å². The number of halogens is 1. The minimum atomic E-state index is 0. The van der Waals surface area contributed by atoms with Crippen LogP contribution in [0.1, 0.15) is 44.9 Å². The maximum atomic E-state index is 4.35. The van der Waals surface area contributed by atoms with Gasteiger partial charge in [0.05, 0.1) is 0 Å². The monoisotopic (exact) mass is 378 g/mol. The van der Waals surface area contributed by atoms with Gasteiger partial charge in [-0.2, -0.15) is 0 Å².